The van der Waals surface area contributed by atoms with Crippen molar-refractivity contribution in [2.24, 2.45) is 4.99 Å². The number of guanidine groups is 1. The van der Waals surface area contributed by atoms with E-state index in [9.17, 15) is 8.42 Å². The maximum Gasteiger partial charge on any atom is 0.209 e. The first kappa shape index (κ1) is 21.6. The summed E-state index contributed by atoms with van der Waals surface area (Å²) >= 11 is 1.66. The van der Waals surface area contributed by atoms with E-state index in [1.807, 2.05) is 31.2 Å². The van der Waals surface area contributed by atoms with Crippen molar-refractivity contribution in [3.8, 4) is 0 Å². The largest absolute Gasteiger partial charge is 0.354 e. The number of halogens is 1. The van der Waals surface area contributed by atoms with Crippen molar-refractivity contribution in [3.63, 3.8) is 0 Å². The SMILES string of the molecule is CN=C(NCC(C)(C)NS(C)(=O)=O)N(C)Cc1ccsc1.I. The molecule has 0 bridgehead atoms. The summed E-state index contributed by atoms with van der Waals surface area (Å²) in [6.45, 7) is 4.85. The highest BCUT2D eigenvalue weighted by Gasteiger charge is 2.22. The van der Waals surface area contributed by atoms with Crippen LogP contribution >= 0.6 is 35.3 Å². The second-order valence-corrected chi connectivity index (χ2v) is 8.18. The molecule has 1 heterocycles. The molecule has 0 radical (unpaired) electrons. The molecule has 0 atom stereocenters. The van der Waals surface area contributed by atoms with Crippen molar-refractivity contribution in [1.29, 1.82) is 0 Å². The average Bonchev–Trinajstić information content (AvgIpc) is 2.79. The molecule has 1 aromatic heterocycles. The van der Waals surface area contributed by atoms with Crippen molar-refractivity contribution < 1.29 is 8.42 Å². The van der Waals surface area contributed by atoms with E-state index in [0.717, 1.165) is 18.8 Å². The predicted molar refractivity (Wildman–Crippen MR) is 105 cm³/mol. The van der Waals surface area contributed by atoms with Gasteiger partial charge in [-0.15, -0.1) is 24.0 Å². The summed E-state index contributed by atoms with van der Waals surface area (Å²) in [7, 11) is 0.420. The van der Waals surface area contributed by atoms with Gasteiger partial charge in [-0.3, -0.25) is 4.99 Å². The molecule has 0 fully saturated rings. The minimum absolute atomic E-state index is 0. The lowest BCUT2D eigenvalue weighted by Gasteiger charge is -2.29. The quantitative estimate of drug-likeness (QED) is 0.385. The fourth-order valence-corrected chi connectivity index (χ4v) is 3.69. The first-order valence-electron chi connectivity index (χ1n) is 6.55. The van der Waals surface area contributed by atoms with Crippen LogP contribution in [0.25, 0.3) is 0 Å². The fraction of sp³-hybridized carbons (Fsp3) is 0.615. The molecule has 0 aliphatic heterocycles. The molecule has 0 aliphatic carbocycles. The molecule has 0 saturated heterocycles. The van der Waals surface area contributed by atoms with Crippen LogP contribution in [-0.2, 0) is 16.6 Å². The van der Waals surface area contributed by atoms with Gasteiger partial charge in [-0.2, -0.15) is 11.3 Å². The molecule has 0 saturated carbocycles. The third-order valence-electron chi connectivity index (χ3n) is 2.72. The Morgan fingerprint density at radius 1 is 1.45 bits per heavy atom. The molecule has 2 N–H and O–H groups in total. The van der Waals surface area contributed by atoms with Gasteiger partial charge in [-0.05, 0) is 36.2 Å². The number of nitrogens with one attached hydrogen (secondary N) is 2. The van der Waals surface area contributed by atoms with Gasteiger partial charge < -0.3 is 10.2 Å². The van der Waals surface area contributed by atoms with E-state index >= 15 is 0 Å². The summed E-state index contributed by atoms with van der Waals surface area (Å²) < 4.78 is 25.3. The van der Waals surface area contributed by atoms with Crippen molar-refractivity contribution in [2.45, 2.75) is 25.9 Å². The Balaban J connectivity index is 0.00000441. The van der Waals surface area contributed by atoms with Crippen LogP contribution in [0.2, 0.25) is 0 Å². The highest BCUT2D eigenvalue weighted by Crippen LogP contribution is 2.09. The Morgan fingerprint density at radius 2 is 2.09 bits per heavy atom. The average molecular weight is 460 g/mol. The molecular formula is C13H25IN4O2S2. The molecule has 1 aromatic rings. The summed E-state index contributed by atoms with van der Waals surface area (Å²) in [6, 6.07) is 2.07. The van der Waals surface area contributed by atoms with Crippen molar-refractivity contribution >= 4 is 51.3 Å². The third-order valence-corrected chi connectivity index (χ3v) is 4.38. The van der Waals surface area contributed by atoms with E-state index in [-0.39, 0.29) is 24.0 Å². The standard InChI is InChI=1S/C13H24N4O2S2.HI/c1-13(2,16-21(5,18)19)10-15-12(14-3)17(4)8-11-6-7-20-9-11;/h6-7,9,16H,8,10H2,1-5H3,(H,14,15);1H. The van der Waals surface area contributed by atoms with Gasteiger partial charge in [0.25, 0.3) is 0 Å². The molecule has 0 spiro atoms. The van der Waals surface area contributed by atoms with Crippen LogP contribution in [0.4, 0.5) is 0 Å². The fourth-order valence-electron chi connectivity index (χ4n) is 1.95. The first-order chi connectivity index (χ1) is 9.63. The molecule has 22 heavy (non-hydrogen) atoms. The maximum atomic E-state index is 11.3. The van der Waals surface area contributed by atoms with Crippen molar-refractivity contribution in [3.05, 3.63) is 22.4 Å². The van der Waals surface area contributed by atoms with E-state index in [1.165, 1.54) is 5.56 Å². The summed E-state index contributed by atoms with van der Waals surface area (Å²) in [5, 5.41) is 7.33. The summed E-state index contributed by atoms with van der Waals surface area (Å²) in [5.41, 5.74) is 0.631. The molecule has 1 rings (SSSR count). The van der Waals surface area contributed by atoms with E-state index < -0.39 is 15.6 Å². The summed E-state index contributed by atoms with van der Waals surface area (Å²) in [5.74, 6) is 0.726. The summed E-state index contributed by atoms with van der Waals surface area (Å²) in [4.78, 5) is 6.22. The zero-order valence-corrected chi connectivity index (χ0v) is 17.5. The van der Waals surface area contributed by atoms with Gasteiger partial charge in [0, 0.05) is 32.7 Å². The Kier molecular flexibility index (Phi) is 8.88. The minimum atomic E-state index is -3.24. The zero-order valence-electron chi connectivity index (χ0n) is 13.6. The van der Waals surface area contributed by atoms with E-state index in [4.69, 9.17) is 0 Å². The monoisotopic (exact) mass is 460 g/mol. The number of sulfonamides is 1. The van der Waals surface area contributed by atoms with Crippen LogP contribution in [0, 0.1) is 0 Å². The molecule has 0 aromatic carbocycles. The molecule has 128 valence electrons. The molecule has 9 heteroatoms. The van der Waals surface area contributed by atoms with Crippen LogP contribution in [0.5, 0.6) is 0 Å². The third kappa shape index (κ3) is 8.30. The maximum absolute atomic E-state index is 11.3. The molecular weight excluding hydrogens is 435 g/mol. The van der Waals surface area contributed by atoms with Crippen LogP contribution in [0.1, 0.15) is 19.4 Å². The van der Waals surface area contributed by atoms with E-state index in [2.05, 4.69) is 26.5 Å². The molecule has 0 amide bonds. The first-order valence-corrected chi connectivity index (χ1v) is 9.38. The van der Waals surface area contributed by atoms with Gasteiger partial charge in [0.2, 0.25) is 10.0 Å². The van der Waals surface area contributed by atoms with Gasteiger partial charge in [-0.1, -0.05) is 0 Å². The Morgan fingerprint density at radius 3 is 2.55 bits per heavy atom. The van der Waals surface area contributed by atoms with Crippen molar-refractivity contribution in [2.75, 3.05) is 26.9 Å². The topological polar surface area (TPSA) is 73.8 Å². The van der Waals surface area contributed by atoms with Gasteiger partial charge in [0.15, 0.2) is 5.96 Å². The van der Waals surface area contributed by atoms with Crippen LogP contribution in [0.3, 0.4) is 0 Å². The second kappa shape index (κ2) is 9.04. The Hall–Kier alpha value is -0.390. The number of hydrogen-bond donors (Lipinski definition) is 2. The number of hydrogen-bond acceptors (Lipinski definition) is 4. The predicted octanol–water partition coefficient (Wildman–Crippen LogP) is 1.70. The minimum Gasteiger partial charge on any atom is -0.354 e. The molecule has 6 nitrogen and oxygen atoms in total. The number of aliphatic imine (C=N–C) groups is 1. The van der Waals surface area contributed by atoms with Crippen molar-refractivity contribution in [1.82, 2.24) is 14.9 Å². The van der Waals surface area contributed by atoms with Gasteiger partial charge in [0.1, 0.15) is 0 Å². The Bertz CT molecular complexity index is 571. The highest BCUT2D eigenvalue weighted by molar-refractivity contribution is 14.0. The summed E-state index contributed by atoms with van der Waals surface area (Å²) in [6.07, 6.45) is 1.16. The number of rotatable bonds is 6. The van der Waals surface area contributed by atoms with E-state index in [0.29, 0.717) is 6.54 Å². The lowest BCUT2D eigenvalue weighted by Crippen LogP contribution is -2.53. The van der Waals surface area contributed by atoms with Crippen LogP contribution < -0.4 is 10.0 Å². The lowest BCUT2D eigenvalue weighted by molar-refractivity contribution is 0.423. The lowest BCUT2D eigenvalue weighted by atomic mass is 10.1. The number of thiophene rings is 1. The van der Waals surface area contributed by atoms with Gasteiger partial charge >= 0.3 is 0 Å². The Labute approximate surface area is 154 Å². The van der Waals surface area contributed by atoms with Crippen LogP contribution in [-0.4, -0.2) is 51.7 Å². The molecule has 0 aliphatic rings. The number of nitrogens with zero attached hydrogens (tertiary/aromatic N) is 2. The smallest absolute Gasteiger partial charge is 0.209 e. The molecule has 0 unspecified atom stereocenters. The highest BCUT2D eigenvalue weighted by atomic mass is 127. The zero-order chi connectivity index (χ0) is 16.1. The van der Waals surface area contributed by atoms with Crippen LogP contribution in [0.15, 0.2) is 21.8 Å². The van der Waals surface area contributed by atoms with E-state index in [1.54, 1.807) is 18.4 Å². The normalized spacial score (nSPS) is 12.7. The van der Waals surface area contributed by atoms with Gasteiger partial charge in [0.05, 0.1) is 6.26 Å². The second-order valence-electron chi connectivity index (χ2n) is 5.65. The van der Waals surface area contributed by atoms with Gasteiger partial charge in [-0.25, -0.2) is 13.1 Å².